The SMILES string of the molecule is Cc1cc(F)cc([C@](Cc2ccccc2)(N[S+]([O-])C(C)(C)C)c2nccc(CF)n2)c1. The fourth-order valence-corrected chi connectivity index (χ4v) is 4.23. The third kappa shape index (κ3) is 5.47. The van der Waals surface area contributed by atoms with Gasteiger partial charge in [-0.2, -0.15) is 0 Å². The van der Waals surface area contributed by atoms with Crippen LogP contribution < -0.4 is 4.72 Å². The van der Waals surface area contributed by atoms with Crippen molar-refractivity contribution in [2.45, 2.75) is 51.1 Å². The van der Waals surface area contributed by atoms with Gasteiger partial charge in [-0.25, -0.2) is 18.7 Å². The number of hydrogen-bond acceptors (Lipinski definition) is 4. The van der Waals surface area contributed by atoms with Gasteiger partial charge in [-0.1, -0.05) is 36.4 Å². The first-order chi connectivity index (χ1) is 14.6. The number of halogens is 2. The van der Waals surface area contributed by atoms with Crippen LogP contribution in [0.1, 0.15) is 49.0 Å². The van der Waals surface area contributed by atoms with Crippen molar-refractivity contribution in [1.29, 1.82) is 0 Å². The van der Waals surface area contributed by atoms with E-state index in [1.807, 2.05) is 57.2 Å². The number of alkyl halides is 1. The molecule has 0 spiro atoms. The van der Waals surface area contributed by atoms with E-state index in [0.29, 0.717) is 17.5 Å². The van der Waals surface area contributed by atoms with Crippen LogP contribution in [0.4, 0.5) is 8.78 Å². The molecular formula is C24H27F2N3OS. The van der Waals surface area contributed by atoms with E-state index in [2.05, 4.69) is 14.7 Å². The highest BCUT2D eigenvalue weighted by Gasteiger charge is 2.45. The van der Waals surface area contributed by atoms with Gasteiger partial charge in [0.15, 0.2) is 11.4 Å². The fourth-order valence-electron chi connectivity index (χ4n) is 3.32. The molecular weight excluding hydrogens is 416 g/mol. The molecule has 0 aliphatic rings. The summed E-state index contributed by atoms with van der Waals surface area (Å²) in [5.74, 6) is -0.175. The molecule has 0 amide bonds. The van der Waals surface area contributed by atoms with Crippen molar-refractivity contribution in [1.82, 2.24) is 14.7 Å². The number of nitrogens with one attached hydrogen (secondary N) is 1. The summed E-state index contributed by atoms with van der Waals surface area (Å²) in [4.78, 5) is 8.85. The Bertz CT molecular complexity index is 1010. The van der Waals surface area contributed by atoms with Crippen LogP contribution >= 0.6 is 0 Å². The van der Waals surface area contributed by atoms with E-state index >= 15 is 0 Å². The minimum Gasteiger partial charge on any atom is -0.598 e. The van der Waals surface area contributed by atoms with Crippen LogP contribution in [0, 0.1) is 12.7 Å². The number of aryl methyl sites for hydroxylation is 1. The maximum Gasteiger partial charge on any atom is 0.158 e. The van der Waals surface area contributed by atoms with Crippen LogP contribution in [0.25, 0.3) is 0 Å². The molecule has 0 saturated heterocycles. The van der Waals surface area contributed by atoms with Crippen molar-refractivity contribution >= 4 is 11.4 Å². The molecule has 4 nitrogen and oxygen atoms in total. The zero-order valence-electron chi connectivity index (χ0n) is 18.2. The highest BCUT2D eigenvalue weighted by atomic mass is 32.2. The molecule has 3 aromatic rings. The summed E-state index contributed by atoms with van der Waals surface area (Å²) < 4.78 is 43.9. The standard InChI is InChI=1S/C24H27F2N3OS/c1-17-12-19(14-20(26)13-17)24(29-31(30)23(2,3)4,15-18-8-6-5-7-9-18)22-27-11-10-21(16-25)28-22/h5-14,29H,15-16H2,1-4H3/t24-,31?/m0/s1. The zero-order valence-corrected chi connectivity index (χ0v) is 19.0. The Hall–Kier alpha value is -2.35. The van der Waals surface area contributed by atoms with E-state index in [4.69, 9.17) is 0 Å². The van der Waals surface area contributed by atoms with Gasteiger partial charge in [-0.3, -0.25) is 0 Å². The van der Waals surface area contributed by atoms with Crippen LogP contribution in [0.3, 0.4) is 0 Å². The van der Waals surface area contributed by atoms with Crippen LogP contribution in [-0.2, 0) is 30.0 Å². The average Bonchev–Trinajstić information content (AvgIpc) is 2.72. The van der Waals surface area contributed by atoms with Gasteiger partial charge in [0.1, 0.15) is 17.2 Å². The highest BCUT2D eigenvalue weighted by molar-refractivity contribution is 7.90. The summed E-state index contributed by atoms with van der Waals surface area (Å²) in [5.41, 5.74) is 1.12. The Labute approximate surface area is 185 Å². The molecule has 1 N–H and O–H groups in total. The van der Waals surface area contributed by atoms with Gasteiger partial charge in [0, 0.05) is 24.0 Å². The molecule has 1 heterocycles. The lowest BCUT2D eigenvalue weighted by Gasteiger charge is -2.37. The Morgan fingerprint density at radius 2 is 1.77 bits per heavy atom. The molecule has 2 aromatic carbocycles. The van der Waals surface area contributed by atoms with Crippen molar-refractivity contribution < 1.29 is 13.3 Å². The molecule has 7 heteroatoms. The van der Waals surface area contributed by atoms with E-state index in [1.54, 1.807) is 6.92 Å². The molecule has 0 bridgehead atoms. The van der Waals surface area contributed by atoms with Gasteiger partial charge >= 0.3 is 0 Å². The minimum atomic E-state index is -1.55. The van der Waals surface area contributed by atoms with Gasteiger partial charge in [-0.15, -0.1) is 4.72 Å². The number of benzene rings is 2. The number of hydrogen-bond donors (Lipinski definition) is 1. The van der Waals surface area contributed by atoms with Crippen molar-refractivity contribution in [2.75, 3.05) is 0 Å². The predicted molar refractivity (Wildman–Crippen MR) is 120 cm³/mol. The maximum atomic E-state index is 14.5. The van der Waals surface area contributed by atoms with Gasteiger partial charge in [-0.05, 0) is 62.6 Å². The molecule has 0 radical (unpaired) electrons. The predicted octanol–water partition coefficient (Wildman–Crippen LogP) is 4.93. The van der Waals surface area contributed by atoms with Crippen LogP contribution in [0.15, 0.2) is 60.8 Å². The Balaban J connectivity index is 2.30. The first-order valence-corrected chi connectivity index (χ1v) is 11.2. The van der Waals surface area contributed by atoms with E-state index in [1.165, 1.54) is 24.4 Å². The molecule has 31 heavy (non-hydrogen) atoms. The Morgan fingerprint density at radius 3 is 2.39 bits per heavy atom. The lowest BCUT2D eigenvalue weighted by molar-refractivity contribution is 0.416. The number of aromatic nitrogens is 2. The van der Waals surface area contributed by atoms with E-state index < -0.39 is 34.1 Å². The zero-order chi connectivity index (χ0) is 22.6. The average molecular weight is 444 g/mol. The molecule has 0 aliphatic heterocycles. The van der Waals surface area contributed by atoms with Crippen molar-refractivity contribution in [2.24, 2.45) is 0 Å². The van der Waals surface area contributed by atoms with Crippen molar-refractivity contribution in [3.8, 4) is 0 Å². The summed E-state index contributed by atoms with van der Waals surface area (Å²) in [7, 11) is 0. The summed E-state index contributed by atoms with van der Waals surface area (Å²) in [6.45, 7) is 6.57. The summed E-state index contributed by atoms with van der Waals surface area (Å²) in [5, 5.41) is 0. The smallest absolute Gasteiger partial charge is 0.158 e. The summed E-state index contributed by atoms with van der Waals surface area (Å²) in [6.07, 6.45) is 1.78. The van der Waals surface area contributed by atoms with E-state index in [9.17, 15) is 13.3 Å². The third-order valence-electron chi connectivity index (χ3n) is 4.90. The summed E-state index contributed by atoms with van der Waals surface area (Å²) >= 11 is -1.55. The van der Waals surface area contributed by atoms with E-state index in [-0.39, 0.29) is 11.5 Å². The molecule has 164 valence electrons. The largest absolute Gasteiger partial charge is 0.598 e. The van der Waals surface area contributed by atoms with Gasteiger partial charge in [0.05, 0.1) is 5.69 Å². The number of rotatable bonds is 7. The van der Waals surface area contributed by atoms with Crippen LogP contribution in [0.5, 0.6) is 0 Å². The first kappa shape index (κ1) is 23.3. The highest BCUT2D eigenvalue weighted by Crippen LogP contribution is 2.35. The minimum absolute atomic E-state index is 0.207. The molecule has 0 aliphatic carbocycles. The Morgan fingerprint density at radius 1 is 1.06 bits per heavy atom. The number of nitrogens with zero attached hydrogens (tertiary/aromatic N) is 2. The first-order valence-electron chi connectivity index (χ1n) is 10.0. The maximum absolute atomic E-state index is 14.5. The molecule has 1 aromatic heterocycles. The van der Waals surface area contributed by atoms with Crippen molar-refractivity contribution in [3.05, 3.63) is 94.8 Å². The van der Waals surface area contributed by atoms with E-state index in [0.717, 1.165) is 5.56 Å². The normalized spacial score (nSPS) is 14.8. The van der Waals surface area contributed by atoms with Gasteiger partial charge in [0.2, 0.25) is 0 Å². The fraction of sp³-hybridized carbons (Fsp3) is 0.333. The summed E-state index contributed by atoms with van der Waals surface area (Å²) in [6, 6.07) is 15.7. The second-order valence-corrected chi connectivity index (χ2v) is 10.5. The second-order valence-electron chi connectivity index (χ2n) is 8.57. The molecule has 1 unspecified atom stereocenters. The molecule has 0 saturated carbocycles. The lowest BCUT2D eigenvalue weighted by atomic mass is 9.83. The third-order valence-corrected chi connectivity index (χ3v) is 6.55. The lowest BCUT2D eigenvalue weighted by Crippen LogP contribution is -2.54. The quantitative estimate of drug-likeness (QED) is 0.526. The Kier molecular flexibility index (Phi) is 7.09. The van der Waals surface area contributed by atoms with Crippen LogP contribution in [0.2, 0.25) is 0 Å². The van der Waals surface area contributed by atoms with Crippen molar-refractivity contribution in [3.63, 3.8) is 0 Å². The monoisotopic (exact) mass is 443 g/mol. The second kappa shape index (κ2) is 9.42. The molecule has 0 fully saturated rings. The molecule has 3 rings (SSSR count). The molecule has 2 atom stereocenters. The van der Waals surface area contributed by atoms with Gasteiger partial charge < -0.3 is 4.55 Å². The topological polar surface area (TPSA) is 60.9 Å². The van der Waals surface area contributed by atoms with Crippen LogP contribution in [-0.4, -0.2) is 19.3 Å². The van der Waals surface area contributed by atoms with Gasteiger partial charge in [0.25, 0.3) is 0 Å².